The third-order valence-corrected chi connectivity index (χ3v) is 5.52. The van der Waals surface area contributed by atoms with E-state index in [1.54, 1.807) is 0 Å². The molecule has 1 amide bonds. The molecule has 1 atom stereocenters. The van der Waals surface area contributed by atoms with Crippen LogP contribution in [-0.4, -0.2) is 38.7 Å². The maximum absolute atomic E-state index is 12.9. The number of fused-ring (bicyclic) bond motifs is 2. The summed E-state index contributed by atoms with van der Waals surface area (Å²) in [6.45, 7) is 4.01. The van der Waals surface area contributed by atoms with E-state index in [2.05, 4.69) is 27.8 Å². The van der Waals surface area contributed by atoms with Crippen molar-refractivity contribution >= 4 is 5.91 Å². The van der Waals surface area contributed by atoms with Crippen LogP contribution in [0.3, 0.4) is 0 Å². The fourth-order valence-corrected chi connectivity index (χ4v) is 4.14. The van der Waals surface area contributed by atoms with Crippen molar-refractivity contribution in [1.29, 1.82) is 0 Å². The molecule has 3 heterocycles. The lowest BCUT2D eigenvalue weighted by molar-refractivity contribution is -0.132. The number of hydrogen-bond donors (Lipinski definition) is 0. The van der Waals surface area contributed by atoms with E-state index in [0.29, 0.717) is 19.5 Å². The summed E-state index contributed by atoms with van der Waals surface area (Å²) in [7, 11) is 0. The van der Waals surface area contributed by atoms with Crippen LogP contribution in [0.1, 0.15) is 29.9 Å². The number of benzene rings is 2. The van der Waals surface area contributed by atoms with Crippen LogP contribution in [0.25, 0.3) is 11.4 Å². The minimum Gasteiger partial charge on any atom is -0.493 e. The third-order valence-electron chi connectivity index (χ3n) is 5.52. The molecule has 6 nitrogen and oxygen atoms in total. The van der Waals surface area contributed by atoms with E-state index in [4.69, 9.17) is 4.74 Å². The lowest BCUT2D eigenvalue weighted by Gasteiger charge is -2.32. The van der Waals surface area contributed by atoms with Gasteiger partial charge in [-0.25, -0.2) is 0 Å². The van der Waals surface area contributed by atoms with E-state index < -0.39 is 0 Å². The SMILES string of the molecule is C[C@H]1CN(C(=O)Cc2ccc3c(c2)CCO3)Cc2nnc(-c3ccccc3)n21. The van der Waals surface area contributed by atoms with Crippen LogP contribution >= 0.6 is 0 Å². The first-order valence-corrected chi connectivity index (χ1v) is 9.70. The summed E-state index contributed by atoms with van der Waals surface area (Å²) in [5.41, 5.74) is 3.29. The van der Waals surface area contributed by atoms with E-state index in [9.17, 15) is 4.79 Å². The largest absolute Gasteiger partial charge is 0.493 e. The van der Waals surface area contributed by atoms with Gasteiger partial charge >= 0.3 is 0 Å². The van der Waals surface area contributed by atoms with E-state index >= 15 is 0 Å². The van der Waals surface area contributed by atoms with Gasteiger partial charge in [-0.05, 0) is 24.1 Å². The number of carbonyl (C=O) groups is 1. The summed E-state index contributed by atoms with van der Waals surface area (Å²) in [6, 6.07) is 16.3. The van der Waals surface area contributed by atoms with Crippen molar-refractivity contribution in [1.82, 2.24) is 19.7 Å². The van der Waals surface area contributed by atoms with Gasteiger partial charge in [0.2, 0.25) is 5.91 Å². The number of aromatic nitrogens is 3. The molecule has 0 unspecified atom stereocenters. The molecule has 28 heavy (non-hydrogen) atoms. The molecule has 6 heteroatoms. The van der Waals surface area contributed by atoms with E-state index in [-0.39, 0.29) is 11.9 Å². The van der Waals surface area contributed by atoms with Crippen LogP contribution in [0.5, 0.6) is 5.75 Å². The van der Waals surface area contributed by atoms with Gasteiger partial charge in [0.05, 0.1) is 25.6 Å². The number of rotatable bonds is 3. The van der Waals surface area contributed by atoms with Crippen LogP contribution < -0.4 is 4.74 Å². The van der Waals surface area contributed by atoms with E-state index in [1.807, 2.05) is 47.4 Å². The standard InChI is InChI=1S/C22H22N4O2/c1-15-13-25(21(27)12-16-7-8-19-18(11-16)9-10-28-19)14-20-23-24-22(26(15)20)17-5-3-2-4-6-17/h2-8,11,15H,9-10,12-14H2,1H3/t15-/m0/s1. The number of hydrogen-bond acceptors (Lipinski definition) is 4. The molecule has 2 aliphatic heterocycles. The summed E-state index contributed by atoms with van der Waals surface area (Å²) in [4.78, 5) is 14.8. The Morgan fingerprint density at radius 2 is 2.04 bits per heavy atom. The van der Waals surface area contributed by atoms with Crippen molar-refractivity contribution in [2.45, 2.75) is 32.4 Å². The minimum absolute atomic E-state index is 0.126. The van der Waals surface area contributed by atoms with Crippen molar-refractivity contribution in [3.63, 3.8) is 0 Å². The molecule has 0 N–H and O–H groups in total. The van der Waals surface area contributed by atoms with Crippen molar-refractivity contribution < 1.29 is 9.53 Å². The highest BCUT2D eigenvalue weighted by Gasteiger charge is 2.29. The quantitative estimate of drug-likeness (QED) is 0.707. The highest BCUT2D eigenvalue weighted by Crippen LogP contribution is 2.29. The van der Waals surface area contributed by atoms with E-state index in [0.717, 1.165) is 41.6 Å². The third kappa shape index (κ3) is 2.95. The van der Waals surface area contributed by atoms with Crippen LogP contribution in [0.15, 0.2) is 48.5 Å². The molecule has 0 radical (unpaired) electrons. The Kier molecular flexibility index (Phi) is 4.11. The van der Waals surface area contributed by atoms with Gasteiger partial charge in [0.15, 0.2) is 11.6 Å². The zero-order valence-electron chi connectivity index (χ0n) is 15.8. The Balaban J connectivity index is 1.35. The maximum atomic E-state index is 12.9. The molecule has 1 aromatic heterocycles. The highest BCUT2D eigenvalue weighted by atomic mass is 16.5. The molecular formula is C22H22N4O2. The molecule has 0 saturated carbocycles. The normalized spacial score (nSPS) is 17.8. The van der Waals surface area contributed by atoms with Gasteiger partial charge in [0.1, 0.15) is 5.75 Å². The van der Waals surface area contributed by atoms with Crippen LogP contribution in [0.4, 0.5) is 0 Å². The average molecular weight is 374 g/mol. The monoisotopic (exact) mass is 374 g/mol. The van der Waals surface area contributed by atoms with Crippen molar-refractivity contribution in [2.24, 2.45) is 0 Å². The molecule has 0 saturated heterocycles. The van der Waals surface area contributed by atoms with Gasteiger partial charge in [-0.15, -0.1) is 10.2 Å². The zero-order valence-corrected chi connectivity index (χ0v) is 15.8. The van der Waals surface area contributed by atoms with E-state index in [1.165, 1.54) is 5.56 Å². The first-order chi connectivity index (χ1) is 13.7. The first kappa shape index (κ1) is 17.0. The highest BCUT2D eigenvalue weighted by molar-refractivity contribution is 5.79. The molecule has 0 aliphatic carbocycles. The smallest absolute Gasteiger partial charge is 0.227 e. The molecule has 3 aromatic rings. The average Bonchev–Trinajstić information content (AvgIpc) is 3.35. The van der Waals surface area contributed by atoms with Crippen LogP contribution in [0, 0.1) is 0 Å². The number of nitrogens with zero attached hydrogens (tertiary/aromatic N) is 4. The number of amides is 1. The Morgan fingerprint density at radius 3 is 2.89 bits per heavy atom. The maximum Gasteiger partial charge on any atom is 0.227 e. The second-order valence-electron chi connectivity index (χ2n) is 7.52. The van der Waals surface area contributed by atoms with Crippen LogP contribution in [0.2, 0.25) is 0 Å². The second kappa shape index (κ2) is 6.78. The first-order valence-electron chi connectivity index (χ1n) is 9.70. The van der Waals surface area contributed by atoms with Crippen molar-refractivity contribution in [2.75, 3.05) is 13.2 Å². The molecule has 0 fully saturated rings. The molecular weight excluding hydrogens is 352 g/mol. The van der Waals surface area contributed by atoms with Crippen LogP contribution in [-0.2, 0) is 24.2 Å². The Morgan fingerprint density at radius 1 is 1.18 bits per heavy atom. The predicted octanol–water partition coefficient (Wildman–Crippen LogP) is 3.03. The minimum atomic E-state index is 0.126. The predicted molar refractivity (Wildman–Crippen MR) is 105 cm³/mol. The summed E-state index contributed by atoms with van der Waals surface area (Å²) in [5, 5.41) is 8.77. The lowest BCUT2D eigenvalue weighted by atomic mass is 10.1. The van der Waals surface area contributed by atoms with Gasteiger partial charge in [0, 0.05) is 18.5 Å². The lowest BCUT2D eigenvalue weighted by Crippen LogP contribution is -2.41. The van der Waals surface area contributed by atoms with Crippen molar-refractivity contribution in [3.8, 4) is 17.1 Å². The van der Waals surface area contributed by atoms with Gasteiger partial charge < -0.3 is 14.2 Å². The molecule has 5 rings (SSSR count). The summed E-state index contributed by atoms with van der Waals surface area (Å²) in [6.07, 6.45) is 1.32. The Hall–Kier alpha value is -3.15. The number of ether oxygens (including phenoxy) is 1. The Labute approximate surface area is 163 Å². The summed E-state index contributed by atoms with van der Waals surface area (Å²) in [5.74, 6) is 2.78. The Bertz CT molecular complexity index is 1030. The molecule has 2 aromatic carbocycles. The molecule has 0 bridgehead atoms. The van der Waals surface area contributed by atoms with Gasteiger partial charge in [0.25, 0.3) is 0 Å². The van der Waals surface area contributed by atoms with Gasteiger partial charge in [-0.2, -0.15) is 0 Å². The topological polar surface area (TPSA) is 60.3 Å². The van der Waals surface area contributed by atoms with Crippen molar-refractivity contribution in [3.05, 3.63) is 65.5 Å². The zero-order chi connectivity index (χ0) is 19.1. The number of carbonyl (C=O) groups excluding carboxylic acids is 1. The summed E-state index contributed by atoms with van der Waals surface area (Å²) < 4.78 is 7.71. The van der Waals surface area contributed by atoms with Gasteiger partial charge in [-0.1, -0.05) is 42.5 Å². The van der Waals surface area contributed by atoms with Gasteiger partial charge in [-0.3, -0.25) is 4.79 Å². The second-order valence-corrected chi connectivity index (χ2v) is 7.52. The summed E-state index contributed by atoms with van der Waals surface area (Å²) >= 11 is 0. The molecule has 142 valence electrons. The fraction of sp³-hybridized carbons (Fsp3) is 0.318. The molecule has 0 spiro atoms. The fourth-order valence-electron chi connectivity index (χ4n) is 4.14. The molecule has 2 aliphatic rings.